The van der Waals surface area contributed by atoms with E-state index in [0.717, 1.165) is 16.8 Å². The van der Waals surface area contributed by atoms with Crippen molar-refractivity contribution in [1.29, 1.82) is 0 Å². The van der Waals surface area contributed by atoms with Crippen molar-refractivity contribution in [2.45, 2.75) is 44.2 Å². The van der Waals surface area contributed by atoms with E-state index >= 15 is 0 Å². The van der Waals surface area contributed by atoms with Gasteiger partial charge in [-0.25, -0.2) is 8.78 Å². The molecule has 1 fully saturated rings. The second-order valence-corrected chi connectivity index (χ2v) is 6.19. The molecule has 0 saturated carbocycles. The lowest BCUT2D eigenvalue weighted by atomic mass is 9.97. The highest BCUT2D eigenvalue weighted by molar-refractivity contribution is 5.93. The summed E-state index contributed by atoms with van der Waals surface area (Å²) in [4.78, 5) is 23.4. The Bertz CT molecular complexity index is 648. The molecule has 1 aromatic carbocycles. The third-order valence-electron chi connectivity index (χ3n) is 4.31. The third-order valence-corrected chi connectivity index (χ3v) is 4.31. The molecule has 0 spiro atoms. The lowest BCUT2D eigenvalue weighted by molar-refractivity contribution is -0.124. The molecule has 0 aromatic heterocycles. The molecule has 2 aliphatic heterocycles. The SMILES string of the molecule is CC(NC(=O)C1CC(F)(F)CN1)c1ccc2c(c1)CCC(=O)N2. The first-order chi connectivity index (χ1) is 10.8. The number of halogens is 2. The van der Waals surface area contributed by atoms with E-state index in [2.05, 4.69) is 16.0 Å². The molecular formula is C16H19F2N3O2. The van der Waals surface area contributed by atoms with Crippen molar-refractivity contribution < 1.29 is 18.4 Å². The Hall–Kier alpha value is -2.02. The van der Waals surface area contributed by atoms with Crippen molar-refractivity contribution >= 4 is 17.5 Å². The zero-order valence-electron chi connectivity index (χ0n) is 12.8. The van der Waals surface area contributed by atoms with Crippen molar-refractivity contribution in [2.24, 2.45) is 0 Å². The number of amides is 2. The first-order valence-electron chi connectivity index (χ1n) is 7.68. The number of rotatable bonds is 3. The number of anilines is 1. The second kappa shape index (κ2) is 5.88. The van der Waals surface area contributed by atoms with Crippen LogP contribution in [0, 0.1) is 0 Å². The predicted molar refractivity (Wildman–Crippen MR) is 81.3 cm³/mol. The van der Waals surface area contributed by atoms with Crippen LogP contribution in [0.25, 0.3) is 0 Å². The van der Waals surface area contributed by atoms with Crippen molar-refractivity contribution in [1.82, 2.24) is 10.6 Å². The van der Waals surface area contributed by atoms with Crippen LogP contribution in [0.5, 0.6) is 0 Å². The number of fused-ring (bicyclic) bond motifs is 1. The van der Waals surface area contributed by atoms with Crippen LogP contribution in [-0.4, -0.2) is 30.3 Å². The lowest BCUT2D eigenvalue weighted by Crippen LogP contribution is -2.41. The van der Waals surface area contributed by atoms with Gasteiger partial charge in [-0.2, -0.15) is 0 Å². The van der Waals surface area contributed by atoms with Crippen molar-refractivity contribution in [3.05, 3.63) is 29.3 Å². The molecule has 3 N–H and O–H groups in total. The number of hydrogen-bond acceptors (Lipinski definition) is 3. The molecule has 2 unspecified atom stereocenters. The van der Waals surface area contributed by atoms with Gasteiger partial charge in [0.05, 0.1) is 18.6 Å². The Morgan fingerprint density at radius 2 is 2.17 bits per heavy atom. The maximum atomic E-state index is 13.2. The number of alkyl halides is 2. The van der Waals surface area contributed by atoms with Crippen LogP contribution < -0.4 is 16.0 Å². The zero-order chi connectivity index (χ0) is 16.6. The minimum Gasteiger partial charge on any atom is -0.348 e. The van der Waals surface area contributed by atoms with Crippen molar-refractivity contribution in [3.63, 3.8) is 0 Å². The molecule has 7 heteroatoms. The molecule has 0 bridgehead atoms. The van der Waals surface area contributed by atoms with Crippen molar-refractivity contribution in [2.75, 3.05) is 11.9 Å². The Labute approximate surface area is 132 Å². The molecular weight excluding hydrogens is 304 g/mol. The summed E-state index contributed by atoms with van der Waals surface area (Å²) in [6.07, 6.45) is 0.631. The minimum absolute atomic E-state index is 0.000151. The van der Waals surface area contributed by atoms with Crippen molar-refractivity contribution in [3.8, 4) is 0 Å². The maximum Gasteiger partial charge on any atom is 0.262 e. The average Bonchev–Trinajstić information content (AvgIpc) is 2.87. The van der Waals surface area contributed by atoms with Gasteiger partial charge in [0, 0.05) is 18.5 Å². The standard InChI is InChI=1S/C16H19F2N3O2/c1-9(20-15(23)13-7-16(17,18)8-19-13)10-2-4-12-11(6-10)3-5-14(22)21-12/h2,4,6,9,13,19H,3,5,7-8H2,1H3,(H,20,23)(H,21,22). The molecule has 0 radical (unpaired) electrons. The van der Waals surface area contributed by atoms with Gasteiger partial charge in [0.2, 0.25) is 11.8 Å². The summed E-state index contributed by atoms with van der Waals surface area (Å²) in [6, 6.07) is 4.43. The average molecular weight is 323 g/mol. The predicted octanol–water partition coefficient (Wildman–Crippen LogP) is 1.75. The van der Waals surface area contributed by atoms with E-state index in [1.807, 2.05) is 25.1 Å². The van der Waals surface area contributed by atoms with Crippen LogP contribution in [-0.2, 0) is 16.0 Å². The third kappa shape index (κ3) is 3.50. The number of aryl methyl sites for hydroxylation is 1. The Balaban J connectivity index is 1.65. The molecule has 2 amide bonds. The fourth-order valence-electron chi connectivity index (χ4n) is 2.97. The first-order valence-corrected chi connectivity index (χ1v) is 7.68. The molecule has 0 aliphatic carbocycles. The fourth-order valence-corrected chi connectivity index (χ4v) is 2.97. The van der Waals surface area contributed by atoms with E-state index in [0.29, 0.717) is 12.8 Å². The van der Waals surface area contributed by atoms with Crippen LogP contribution in [0.1, 0.15) is 36.9 Å². The van der Waals surface area contributed by atoms with E-state index in [9.17, 15) is 18.4 Å². The smallest absolute Gasteiger partial charge is 0.262 e. The van der Waals surface area contributed by atoms with Gasteiger partial charge >= 0.3 is 0 Å². The molecule has 5 nitrogen and oxygen atoms in total. The van der Waals surface area contributed by atoms with Gasteiger partial charge in [0.15, 0.2) is 0 Å². The lowest BCUT2D eigenvalue weighted by Gasteiger charge is -2.21. The Kier molecular flexibility index (Phi) is 4.06. The number of benzene rings is 1. The number of carbonyl (C=O) groups is 2. The van der Waals surface area contributed by atoms with Crippen LogP contribution in [0.3, 0.4) is 0 Å². The van der Waals surface area contributed by atoms with Gasteiger partial charge in [-0.15, -0.1) is 0 Å². The molecule has 23 heavy (non-hydrogen) atoms. The van der Waals surface area contributed by atoms with Crippen LogP contribution in [0.4, 0.5) is 14.5 Å². The maximum absolute atomic E-state index is 13.2. The largest absolute Gasteiger partial charge is 0.348 e. The van der Waals surface area contributed by atoms with Gasteiger partial charge in [-0.1, -0.05) is 12.1 Å². The number of carbonyl (C=O) groups excluding carboxylic acids is 2. The van der Waals surface area contributed by atoms with Gasteiger partial charge in [-0.3, -0.25) is 14.9 Å². The normalized spacial score (nSPS) is 23.8. The topological polar surface area (TPSA) is 70.2 Å². The van der Waals surface area contributed by atoms with E-state index in [-0.39, 0.29) is 11.9 Å². The summed E-state index contributed by atoms with van der Waals surface area (Å²) in [5.74, 6) is -3.24. The van der Waals surface area contributed by atoms with Gasteiger partial charge in [0.1, 0.15) is 0 Å². The van der Waals surface area contributed by atoms with Crippen LogP contribution in [0.15, 0.2) is 18.2 Å². The fraction of sp³-hybridized carbons (Fsp3) is 0.500. The summed E-state index contributed by atoms with van der Waals surface area (Å²) in [5.41, 5.74) is 2.70. The quantitative estimate of drug-likeness (QED) is 0.794. The molecule has 1 aromatic rings. The highest BCUT2D eigenvalue weighted by atomic mass is 19.3. The highest BCUT2D eigenvalue weighted by Gasteiger charge is 2.42. The molecule has 124 valence electrons. The van der Waals surface area contributed by atoms with Gasteiger partial charge in [-0.05, 0) is 30.5 Å². The monoisotopic (exact) mass is 323 g/mol. The summed E-state index contributed by atoms with van der Waals surface area (Å²) >= 11 is 0. The summed E-state index contributed by atoms with van der Waals surface area (Å²) < 4.78 is 26.3. The second-order valence-electron chi connectivity index (χ2n) is 6.19. The van der Waals surface area contributed by atoms with Crippen LogP contribution >= 0.6 is 0 Å². The molecule has 3 rings (SSSR count). The minimum atomic E-state index is -2.82. The number of nitrogens with one attached hydrogen (secondary N) is 3. The number of hydrogen-bond donors (Lipinski definition) is 3. The summed E-state index contributed by atoms with van der Waals surface area (Å²) in [6.45, 7) is 1.35. The van der Waals surface area contributed by atoms with Gasteiger partial charge in [0.25, 0.3) is 5.92 Å². The Morgan fingerprint density at radius 1 is 1.39 bits per heavy atom. The van der Waals surface area contributed by atoms with Crippen LogP contribution in [0.2, 0.25) is 0 Å². The van der Waals surface area contributed by atoms with E-state index in [4.69, 9.17) is 0 Å². The summed E-state index contributed by atoms with van der Waals surface area (Å²) in [7, 11) is 0. The molecule has 2 aliphatic rings. The van der Waals surface area contributed by atoms with E-state index in [1.165, 1.54) is 0 Å². The molecule has 2 atom stereocenters. The highest BCUT2D eigenvalue weighted by Crippen LogP contribution is 2.27. The molecule has 1 saturated heterocycles. The zero-order valence-corrected chi connectivity index (χ0v) is 12.8. The first kappa shape index (κ1) is 15.9. The Morgan fingerprint density at radius 3 is 2.87 bits per heavy atom. The molecule has 2 heterocycles. The van der Waals surface area contributed by atoms with Gasteiger partial charge < -0.3 is 10.6 Å². The van der Waals surface area contributed by atoms with E-state index < -0.39 is 30.8 Å². The summed E-state index contributed by atoms with van der Waals surface area (Å²) in [5, 5.41) is 8.12. The van der Waals surface area contributed by atoms with E-state index in [1.54, 1.807) is 0 Å².